The van der Waals surface area contributed by atoms with Crippen LogP contribution in [0.15, 0.2) is 29.2 Å². The van der Waals surface area contributed by atoms with Gasteiger partial charge in [-0.3, -0.25) is 13.8 Å². The second-order valence-electron chi connectivity index (χ2n) is 11.3. The van der Waals surface area contributed by atoms with Crippen LogP contribution in [0.4, 0.5) is 0 Å². The molecule has 0 spiro atoms. The monoisotopic (exact) mass is 458 g/mol. The summed E-state index contributed by atoms with van der Waals surface area (Å²) in [5, 5.41) is 0. The molecule has 6 heteroatoms. The standard InChI is InChI=1S/C26H34O5S/c1-16-4-7-19(8-5-16)32(29,30)31-18-12-13-25(2)17(14-18)6-9-20-21-10-11-23(28)26(21,3)15-22(27)24(20)25/h4-5,7-8,17-18,20-21,24H,6,9-15H2,1-3H3/t17-,18+,20-,21-,24+,25-,26-/m0/s1. The fourth-order valence-electron chi connectivity index (χ4n) is 7.84. The van der Waals surface area contributed by atoms with Gasteiger partial charge in [0.15, 0.2) is 0 Å². The van der Waals surface area contributed by atoms with Crippen molar-refractivity contribution in [2.45, 2.75) is 83.1 Å². The first-order valence-corrected chi connectivity index (χ1v) is 13.5. The molecule has 5 rings (SSSR count). The molecule has 0 amide bonds. The van der Waals surface area contributed by atoms with Crippen LogP contribution in [0.25, 0.3) is 0 Å². The van der Waals surface area contributed by atoms with Crippen LogP contribution < -0.4 is 0 Å². The number of carbonyl (C=O) groups is 2. The molecule has 4 fully saturated rings. The molecule has 7 atom stereocenters. The quantitative estimate of drug-likeness (QED) is 0.605. The Hall–Kier alpha value is -1.53. The second-order valence-corrected chi connectivity index (χ2v) is 12.9. The van der Waals surface area contributed by atoms with Crippen LogP contribution in [0.5, 0.6) is 0 Å². The van der Waals surface area contributed by atoms with Gasteiger partial charge in [-0.2, -0.15) is 8.42 Å². The summed E-state index contributed by atoms with van der Waals surface area (Å²) >= 11 is 0. The predicted octanol–water partition coefficient (Wildman–Crippen LogP) is 4.86. The molecule has 0 aliphatic heterocycles. The van der Waals surface area contributed by atoms with Crippen molar-refractivity contribution in [3.05, 3.63) is 29.8 Å². The Morgan fingerprint density at radius 3 is 2.44 bits per heavy atom. The molecule has 1 aromatic rings. The molecule has 4 aliphatic rings. The lowest BCUT2D eigenvalue weighted by molar-refractivity contribution is -0.161. The third-order valence-corrected chi connectivity index (χ3v) is 11.0. The highest BCUT2D eigenvalue weighted by atomic mass is 32.2. The van der Waals surface area contributed by atoms with Crippen LogP contribution in [0.3, 0.4) is 0 Å². The van der Waals surface area contributed by atoms with Crippen molar-refractivity contribution < 1.29 is 22.2 Å². The van der Waals surface area contributed by atoms with Crippen molar-refractivity contribution in [2.24, 2.45) is 34.5 Å². The van der Waals surface area contributed by atoms with Crippen LogP contribution in [0.2, 0.25) is 0 Å². The SMILES string of the molecule is Cc1ccc(S(=O)(=O)O[C@@H]2CC[C@@]3(C)[C@@H](CC[C@@H]4[C@@H]3C(=O)C[C@]3(C)C(=O)CC[C@@H]43)C2)cc1. The lowest BCUT2D eigenvalue weighted by Crippen LogP contribution is -2.57. The van der Waals surface area contributed by atoms with E-state index in [1.54, 1.807) is 24.3 Å². The Labute approximate surface area is 191 Å². The molecule has 174 valence electrons. The van der Waals surface area contributed by atoms with Gasteiger partial charge in [-0.15, -0.1) is 0 Å². The Morgan fingerprint density at radius 2 is 1.72 bits per heavy atom. The van der Waals surface area contributed by atoms with E-state index in [1.807, 2.05) is 13.8 Å². The first-order valence-electron chi connectivity index (χ1n) is 12.1. The molecule has 0 radical (unpaired) electrons. The van der Waals surface area contributed by atoms with Crippen molar-refractivity contribution in [3.63, 3.8) is 0 Å². The molecule has 0 saturated heterocycles. The molecule has 0 bridgehead atoms. The molecule has 5 nitrogen and oxygen atoms in total. The Kier molecular flexibility index (Phi) is 5.21. The number of Topliss-reactive ketones (excluding diaryl/α,β-unsaturated/α-hetero) is 2. The van der Waals surface area contributed by atoms with E-state index in [0.29, 0.717) is 37.5 Å². The number of ketones is 2. The van der Waals surface area contributed by atoms with Crippen molar-refractivity contribution in [1.82, 2.24) is 0 Å². The number of hydrogen-bond acceptors (Lipinski definition) is 5. The van der Waals surface area contributed by atoms with Gasteiger partial charge in [-0.1, -0.05) is 31.5 Å². The summed E-state index contributed by atoms with van der Waals surface area (Å²) in [7, 11) is -3.80. The van der Waals surface area contributed by atoms with Crippen LogP contribution in [0.1, 0.15) is 70.8 Å². The lowest BCUT2D eigenvalue weighted by atomic mass is 9.45. The normalized spacial score (nSPS) is 41.7. The van der Waals surface area contributed by atoms with Crippen molar-refractivity contribution >= 4 is 21.7 Å². The Morgan fingerprint density at radius 1 is 1.00 bits per heavy atom. The zero-order valence-electron chi connectivity index (χ0n) is 19.3. The average Bonchev–Trinajstić information content (AvgIpc) is 3.02. The molecule has 0 N–H and O–H groups in total. The predicted molar refractivity (Wildman–Crippen MR) is 120 cm³/mol. The van der Waals surface area contributed by atoms with E-state index in [2.05, 4.69) is 6.92 Å². The zero-order valence-corrected chi connectivity index (χ0v) is 20.1. The first-order chi connectivity index (χ1) is 15.0. The molecule has 32 heavy (non-hydrogen) atoms. The topological polar surface area (TPSA) is 77.5 Å². The van der Waals surface area contributed by atoms with E-state index in [-0.39, 0.29) is 39.8 Å². The minimum absolute atomic E-state index is 0.000110. The fraction of sp³-hybridized carbons (Fsp3) is 0.692. The summed E-state index contributed by atoms with van der Waals surface area (Å²) in [4.78, 5) is 26.2. The van der Waals surface area contributed by atoms with E-state index in [1.165, 1.54) is 0 Å². The van der Waals surface area contributed by atoms with Crippen molar-refractivity contribution in [3.8, 4) is 0 Å². The average molecular weight is 459 g/mol. The van der Waals surface area contributed by atoms with Crippen LogP contribution in [0, 0.1) is 41.4 Å². The molecule has 4 saturated carbocycles. The van der Waals surface area contributed by atoms with E-state index < -0.39 is 15.5 Å². The minimum Gasteiger partial charge on any atom is -0.299 e. The number of hydrogen-bond donors (Lipinski definition) is 0. The maximum atomic E-state index is 13.4. The molecule has 0 heterocycles. The summed E-state index contributed by atoms with van der Waals surface area (Å²) in [5.74, 6) is 1.44. The molecular weight excluding hydrogens is 424 g/mol. The first kappa shape index (κ1) is 22.3. The Balaban J connectivity index is 1.34. The van der Waals surface area contributed by atoms with E-state index in [9.17, 15) is 18.0 Å². The van der Waals surface area contributed by atoms with Gasteiger partial charge in [0.2, 0.25) is 0 Å². The highest BCUT2D eigenvalue weighted by Gasteiger charge is 2.63. The van der Waals surface area contributed by atoms with Gasteiger partial charge < -0.3 is 0 Å². The second kappa shape index (κ2) is 7.49. The van der Waals surface area contributed by atoms with Crippen LogP contribution >= 0.6 is 0 Å². The van der Waals surface area contributed by atoms with Gasteiger partial charge in [0, 0.05) is 24.2 Å². The number of benzene rings is 1. The van der Waals surface area contributed by atoms with Gasteiger partial charge in [0.05, 0.1) is 11.0 Å². The van der Waals surface area contributed by atoms with E-state index >= 15 is 0 Å². The summed E-state index contributed by atoms with van der Waals surface area (Å²) in [6.07, 6.45) is 5.66. The van der Waals surface area contributed by atoms with Gasteiger partial charge in [0.25, 0.3) is 10.1 Å². The fourth-order valence-corrected chi connectivity index (χ4v) is 8.95. The van der Waals surface area contributed by atoms with Gasteiger partial charge in [0.1, 0.15) is 11.6 Å². The number of rotatable bonds is 3. The number of carbonyl (C=O) groups excluding carboxylic acids is 2. The highest BCUT2D eigenvalue weighted by molar-refractivity contribution is 7.86. The van der Waals surface area contributed by atoms with Crippen molar-refractivity contribution in [2.75, 3.05) is 0 Å². The minimum atomic E-state index is -3.80. The largest absolute Gasteiger partial charge is 0.299 e. The summed E-state index contributed by atoms with van der Waals surface area (Å²) in [6.45, 7) is 6.19. The summed E-state index contributed by atoms with van der Waals surface area (Å²) in [5.41, 5.74) is 0.427. The smallest absolute Gasteiger partial charge is 0.297 e. The maximum absolute atomic E-state index is 13.4. The third kappa shape index (κ3) is 3.32. The van der Waals surface area contributed by atoms with Crippen LogP contribution in [-0.4, -0.2) is 26.1 Å². The molecule has 0 aromatic heterocycles. The highest BCUT2D eigenvalue weighted by Crippen LogP contribution is 2.64. The Bertz CT molecular complexity index is 1040. The third-order valence-electron chi connectivity index (χ3n) is 9.59. The van der Waals surface area contributed by atoms with Crippen molar-refractivity contribution in [1.29, 1.82) is 0 Å². The molecule has 4 aliphatic carbocycles. The molecule has 0 unspecified atom stereocenters. The number of fused-ring (bicyclic) bond motifs is 5. The summed E-state index contributed by atoms with van der Waals surface area (Å²) < 4.78 is 31.3. The molecular formula is C26H34O5S. The maximum Gasteiger partial charge on any atom is 0.297 e. The van der Waals surface area contributed by atoms with Gasteiger partial charge in [-0.25, -0.2) is 0 Å². The van der Waals surface area contributed by atoms with E-state index in [0.717, 1.165) is 31.2 Å². The molecule has 1 aromatic carbocycles. The van der Waals surface area contributed by atoms with Gasteiger partial charge >= 0.3 is 0 Å². The van der Waals surface area contributed by atoms with E-state index in [4.69, 9.17) is 4.18 Å². The zero-order chi connectivity index (χ0) is 22.9. The summed E-state index contributed by atoms with van der Waals surface area (Å²) in [6, 6.07) is 6.77. The van der Waals surface area contributed by atoms with Gasteiger partial charge in [-0.05, 0) is 80.8 Å². The van der Waals surface area contributed by atoms with Crippen LogP contribution in [-0.2, 0) is 23.9 Å². The number of aryl methyl sites for hydroxylation is 1. The lowest BCUT2D eigenvalue weighted by Gasteiger charge is -2.59.